The van der Waals surface area contributed by atoms with Gasteiger partial charge < -0.3 is 24.8 Å². The fourth-order valence-corrected chi connectivity index (χ4v) is 9.79. The number of benzene rings is 1. The standard InChI is InChI=1S/C39H59NO10/c1-4-5-6-30(41)21-26-10-14-31-29(20-26)22-34(42)39(3)32(15-16-33(31)39)24(2)7-18-36(44)49-23-50-38(47)27-11-8-25(9-12-27)19-28(37(45)46)13-17-35(43)40-48/h8-9,11-12,24,26,28-34,41-42,48H,4-7,10,13-23H2,1-3H3,(H,40,43)(H,45,46)/t24-,26+,28?,29?,30-,31?,32?,33?,34+,39-/m1/s1. The van der Waals surface area contributed by atoms with Crippen molar-refractivity contribution in [2.24, 2.45) is 46.8 Å². The largest absolute Gasteiger partial charge is 0.481 e. The van der Waals surface area contributed by atoms with Crippen molar-refractivity contribution in [2.45, 2.75) is 129 Å². The first-order valence-corrected chi connectivity index (χ1v) is 18.8. The van der Waals surface area contributed by atoms with Crippen LogP contribution in [-0.2, 0) is 30.3 Å². The van der Waals surface area contributed by atoms with Gasteiger partial charge in [-0.1, -0.05) is 52.2 Å². The summed E-state index contributed by atoms with van der Waals surface area (Å²) in [6.07, 6.45) is 10.7. The SMILES string of the molecule is CCCC[C@@H](O)C[C@H]1CCC2C(C1)C[C@H](O)[C@@]1(C)C2CCC1[C@H](C)CCC(=O)OCOC(=O)c1ccc(CC(CCC(=O)NO)C(=O)O)cc1. The number of fused-ring (bicyclic) bond motifs is 3. The lowest BCUT2D eigenvalue weighted by Crippen LogP contribution is -2.53. The first-order valence-electron chi connectivity index (χ1n) is 18.8. The Morgan fingerprint density at radius 3 is 2.40 bits per heavy atom. The van der Waals surface area contributed by atoms with Crippen LogP contribution in [0.2, 0.25) is 0 Å². The number of nitrogens with one attached hydrogen (secondary N) is 1. The molecule has 11 heteroatoms. The van der Waals surface area contributed by atoms with Crippen LogP contribution in [0.3, 0.4) is 0 Å². The molecule has 5 N–H and O–H groups in total. The van der Waals surface area contributed by atoms with Gasteiger partial charge in [0.1, 0.15) is 0 Å². The van der Waals surface area contributed by atoms with Gasteiger partial charge in [0.05, 0.1) is 23.7 Å². The van der Waals surface area contributed by atoms with Gasteiger partial charge in [-0.25, -0.2) is 10.3 Å². The molecule has 0 radical (unpaired) electrons. The molecule has 1 aromatic carbocycles. The Kier molecular flexibility index (Phi) is 14.7. The zero-order chi connectivity index (χ0) is 36.4. The second-order valence-electron chi connectivity index (χ2n) is 15.6. The lowest BCUT2D eigenvalue weighted by Gasteiger charge is -2.55. The van der Waals surface area contributed by atoms with Crippen LogP contribution in [0.4, 0.5) is 0 Å². The number of aliphatic carboxylic acids is 1. The first kappa shape index (κ1) is 39.8. The Morgan fingerprint density at radius 2 is 1.72 bits per heavy atom. The molecule has 0 aromatic heterocycles. The highest BCUT2D eigenvalue weighted by molar-refractivity contribution is 5.89. The van der Waals surface area contributed by atoms with Crippen LogP contribution in [0.1, 0.15) is 127 Å². The zero-order valence-corrected chi connectivity index (χ0v) is 30.1. The third-order valence-corrected chi connectivity index (χ3v) is 12.6. The number of amides is 1. The lowest BCUT2D eigenvalue weighted by molar-refractivity contribution is -0.153. The van der Waals surface area contributed by atoms with Crippen LogP contribution in [0, 0.1) is 46.8 Å². The van der Waals surface area contributed by atoms with Crippen LogP contribution >= 0.6 is 0 Å². The zero-order valence-electron chi connectivity index (χ0n) is 30.1. The number of hydrogen-bond donors (Lipinski definition) is 5. The molecule has 11 nitrogen and oxygen atoms in total. The van der Waals surface area contributed by atoms with E-state index >= 15 is 0 Å². The van der Waals surface area contributed by atoms with Crippen molar-refractivity contribution in [1.82, 2.24) is 5.48 Å². The summed E-state index contributed by atoms with van der Waals surface area (Å²) < 4.78 is 10.4. The van der Waals surface area contributed by atoms with Gasteiger partial charge in [-0.3, -0.25) is 19.6 Å². The number of carbonyl (C=O) groups excluding carboxylic acids is 3. The molecule has 3 fully saturated rings. The highest BCUT2D eigenvalue weighted by atomic mass is 16.7. The summed E-state index contributed by atoms with van der Waals surface area (Å²) in [7, 11) is 0. The number of aliphatic hydroxyl groups is 2. The van der Waals surface area contributed by atoms with Crippen LogP contribution in [-0.4, -0.2) is 63.3 Å². The Hall–Kier alpha value is -3.02. The summed E-state index contributed by atoms with van der Waals surface area (Å²) in [5, 5.41) is 40.2. The molecule has 280 valence electrons. The third-order valence-electron chi connectivity index (χ3n) is 12.6. The second-order valence-corrected chi connectivity index (χ2v) is 15.6. The van der Waals surface area contributed by atoms with E-state index in [0.717, 1.165) is 57.8 Å². The maximum absolute atomic E-state index is 12.6. The molecule has 50 heavy (non-hydrogen) atoms. The van der Waals surface area contributed by atoms with Crippen LogP contribution < -0.4 is 5.48 Å². The molecule has 3 aliphatic rings. The van der Waals surface area contributed by atoms with Crippen molar-refractivity contribution in [1.29, 1.82) is 0 Å². The van der Waals surface area contributed by atoms with E-state index < -0.39 is 36.5 Å². The number of aliphatic hydroxyl groups excluding tert-OH is 2. The number of esters is 2. The topological polar surface area (TPSA) is 180 Å². The van der Waals surface area contributed by atoms with Gasteiger partial charge in [0, 0.05) is 12.8 Å². The number of rotatable bonds is 18. The average molecular weight is 702 g/mol. The number of hydrogen-bond acceptors (Lipinski definition) is 9. The Morgan fingerprint density at radius 1 is 0.980 bits per heavy atom. The van der Waals surface area contributed by atoms with Crippen molar-refractivity contribution in [2.75, 3.05) is 6.79 Å². The van der Waals surface area contributed by atoms with Gasteiger partial charge in [0.25, 0.3) is 0 Å². The number of carboxylic acids is 1. The molecule has 3 aliphatic carbocycles. The summed E-state index contributed by atoms with van der Waals surface area (Å²) in [5.74, 6) is -0.975. The van der Waals surface area contributed by atoms with Crippen molar-refractivity contribution in [3.05, 3.63) is 35.4 Å². The monoisotopic (exact) mass is 701 g/mol. The Labute approximate surface area is 296 Å². The van der Waals surface area contributed by atoms with Gasteiger partial charge in [-0.05, 0) is 123 Å². The first-order chi connectivity index (χ1) is 23.9. The molecular formula is C39H59NO10. The Bertz CT molecular complexity index is 1290. The fourth-order valence-electron chi connectivity index (χ4n) is 9.79. The maximum Gasteiger partial charge on any atom is 0.340 e. The van der Waals surface area contributed by atoms with Crippen LogP contribution in [0.5, 0.6) is 0 Å². The van der Waals surface area contributed by atoms with Gasteiger partial charge in [-0.15, -0.1) is 0 Å². The maximum atomic E-state index is 12.6. The van der Waals surface area contributed by atoms with Crippen molar-refractivity contribution in [3.63, 3.8) is 0 Å². The fraction of sp³-hybridized carbons (Fsp3) is 0.744. The molecule has 1 amide bonds. The molecule has 1 aromatic rings. The molecule has 0 heterocycles. The smallest absolute Gasteiger partial charge is 0.340 e. The number of carbonyl (C=O) groups is 4. The minimum Gasteiger partial charge on any atom is -0.481 e. The molecular weight excluding hydrogens is 642 g/mol. The molecule has 0 bridgehead atoms. The van der Waals surface area contributed by atoms with Gasteiger partial charge in [-0.2, -0.15) is 0 Å². The predicted octanol–water partition coefficient (Wildman–Crippen LogP) is 6.06. The molecule has 0 spiro atoms. The molecule has 0 aliphatic heterocycles. The second kappa shape index (κ2) is 18.5. The summed E-state index contributed by atoms with van der Waals surface area (Å²) in [6.45, 7) is 6.10. The molecule has 10 atom stereocenters. The molecule has 5 unspecified atom stereocenters. The highest BCUT2D eigenvalue weighted by Crippen LogP contribution is 2.64. The van der Waals surface area contributed by atoms with E-state index in [0.29, 0.717) is 41.6 Å². The van der Waals surface area contributed by atoms with E-state index in [1.54, 1.807) is 12.1 Å². The van der Waals surface area contributed by atoms with Gasteiger partial charge in [0.15, 0.2) is 0 Å². The molecule has 0 saturated heterocycles. The van der Waals surface area contributed by atoms with Gasteiger partial charge >= 0.3 is 17.9 Å². The van der Waals surface area contributed by atoms with Crippen molar-refractivity contribution >= 4 is 23.8 Å². The van der Waals surface area contributed by atoms with E-state index in [4.69, 9.17) is 14.7 Å². The van der Waals surface area contributed by atoms with E-state index in [1.165, 1.54) is 24.0 Å². The average Bonchev–Trinajstić information content (AvgIpc) is 3.46. The minimum atomic E-state index is -1.06. The summed E-state index contributed by atoms with van der Waals surface area (Å²) >= 11 is 0. The summed E-state index contributed by atoms with van der Waals surface area (Å²) in [6, 6.07) is 6.22. The predicted molar refractivity (Wildman–Crippen MR) is 185 cm³/mol. The number of hydroxylamine groups is 1. The quantitative estimate of drug-likeness (QED) is 0.0523. The summed E-state index contributed by atoms with van der Waals surface area (Å²) in [4.78, 5) is 47.9. The third kappa shape index (κ3) is 10.1. The van der Waals surface area contributed by atoms with Crippen LogP contribution in [0.25, 0.3) is 0 Å². The molecule has 4 rings (SSSR count). The van der Waals surface area contributed by atoms with E-state index in [9.17, 15) is 34.5 Å². The van der Waals surface area contributed by atoms with Crippen molar-refractivity contribution in [3.8, 4) is 0 Å². The lowest BCUT2D eigenvalue weighted by atomic mass is 9.51. The normalized spacial score (nSPS) is 29.2. The number of unbranched alkanes of at least 4 members (excludes halogenated alkanes) is 1. The van der Waals surface area contributed by atoms with E-state index in [2.05, 4.69) is 20.8 Å². The summed E-state index contributed by atoms with van der Waals surface area (Å²) in [5.41, 5.74) is 2.20. The van der Waals surface area contributed by atoms with E-state index in [1.807, 2.05) is 0 Å². The van der Waals surface area contributed by atoms with E-state index in [-0.39, 0.29) is 54.8 Å². The van der Waals surface area contributed by atoms with Crippen LogP contribution in [0.15, 0.2) is 24.3 Å². The van der Waals surface area contributed by atoms with Crippen molar-refractivity contribution < 1.29 is 49.2 Å². The highest BCUT2D eigenvalue weighted by Gasteiger charge is 2.59. The Balaban J connectivity index is 1.19. The van der Waals surface area contributed by atoms with Gasteiger partial charge in [0.2, 0.25) is 12.7 Å². The number of carboxylic acid groups (broad SMARTS) is 1. The number of ether oxygens (including phenoxy) is 2. The minimum absolute atomic E-state index is 0.0474. The molecule has 3 saturated carbocycles.